The van der Waals surface area contributed by atoms with Gasteiger partial charge in [-0.2, -0.15) is 5.10 Å². The van der Waals surface area contributed by atoms with Crippen molar-refractivity contribution >= 4 is 21.8 Å². The van der Waals surface area contributed by atoms with E-state index >= 15 is 0 Å². The number of aryl methyl sites for hydroxylation is 1. The number of piperidine rings is 1. The fourth-order valence-corrected chi connectivity index (χ4v) is 3.33. The van der Waals surface area contributed by atoms with Gasteiger partial charge in [-0.05, 0) is 40.9 Å². The minimum atomic E-state index is 0.0995. The maximum atomic E-state index is 12.6. The van der Waals surface area contributed by atoms with Gasteiger partial charge in [0.05, 0.1) is 0 Å². The van der Waals surface area contributed by atoms with E-state index in [9.17, 15) is 4.79 Å². The molecular formula is C14H17BrN4O. The maximum Gasteiger partial charge on any atom is 0.270 e. The number of rotatable bonds is 2. The van der Waals surface area contributed by atoms with Crippen LogP contribution in [0.1, 0.15) is 34.9 Å². The van der Waals surface area contributed by atoms with Crippen LogP contribution in [0.4, 0.5) is 0 Å². The molecule has 1 aliphatic heterocycles. The maximum absolute atomic E-state index is 12.6. The third-order valence-corrected chi connectivity index (χ3v) is 4.30. The van der Waals surface area contributed by atoms with Crippen molar-refractivity contribution in [2.75, 3.05) is 13.1 Å². The summed E-state index contributed by atoms with van der Waals surface area (Å²) in [6, 6.07) is 3.87. The summed E-state index contributed by atoms with van der Waals surface area (Å²) in [5.74, 6) is 0.460. The van der Waals surface area contributed by atoms with Crippen LogP contribution < -0.4 is 0 Å². The molecule has 1 N–H and O–H groups in total. The van der Waals surface area contributed by atoms with Gasteiger partial charge in [0, 0.05) is 48.6 Å². The predicted molar refractivity (Wildman–Crippen MR) is 79.6 cm³/mol. The molecule has 1 aliphatic rings. The van der Waals surface area contributed by atoms with Crippen molar-refractivity contribution in [2.45, 2.75) is 18.8 Å². The molecule has 0 saturated carbocycles. The number of H-pyrrole nitrogens is 1. The van der Waals surface area contributed by atoms with Gasteiger partial charge in [0.1, 0.15) is 5.69 Å². The lowest BCUT2D eigenvalue weighted by molar-refractivity contribution is 0.0696. The Balaban J connectivity index is 1.77. The highest BCUT2D eigenvalue weighted by Gasteiger charge is 2.27. The van der Waals surface area contributed by atoms with Gasteiger partial charge in [0.15, 0.2) is 0 Å². The minimum Gasteiger partial charge on any atom is -0.345 e. The Labute approximate surface area is 126 Å². The molecule has 1 amide bonds. The van der Waals surface area contributed by atoms with Crippen molar-refractivity contribution in [2.24, 2.45) is 7.05 Å². The lowest BCUT2D eigenvalue weighted by atomic mass is 9.95. The summed E-state index contributed by atoms with van der Waals surface area (Å²) in [5.41, 5.74) is 1.85. The van der Waals surface area contributed by atoms with Gasteiger partial charge >= 0.3 is 0 Å². The van der Waals surface area contributed by atoms with Crippen molar-refractivity contribution in [3.8, 4) is 0 Å². The molecule has 0 aliphatic carbocycles. The molecule has 1 saturated heterocycles. The van der Waals surface area contributed by atoms with Gasteiger partial charge in [-0.1, -0.05) is 0 Å². The van der Waals surface area contributed by atoms with Crippen LogP contribution in [0, 0.1) is 0 Å². The molecule has 1 atom stereocenters. The summed E-state index contributed by atoms with van der Waals surface area (Å²) in [6.07, 6.45) is 5.80. The molecule has 3 rings (SSSR count). The first-order valence-corrected chi connectivity index (χ1v) is 7.55. The van der Waals surface area contributed by atoms with E-state index in [-0.39, 0.29) is 5.91 Å². The summed E-state index contributed by atoms with van der Waals surface area (Å²) in [5, 5.41) is 7.03. The van der Waals surface area contributed by atoms with Crippen LogP contribution in [0.15, 0.2) is 29.0 Å². The van der Waals surface area contributed by atoms with E-state index in [0.29, 0.717) is 5.92 Å². The van der Waals surface area contributed by atoms with Crippen molar-refractivity contribution in [1.29, 1.82) is 0 Å². The van der Waals surface area contributed by atoms with Crippen LogP contribution in [0.2, 0.25) is 0 Å². The lowest BCUT2D eigenvalue weighted by Gasteiger charge is -2.32. The fourth-order valence-electron chi connectivity index (χ4n) is 2.81. The van der Waals surface area contributed by atoms with Crippen molar-refractivity contribution in [3.05, 3.63) is 40.4 Å². The smallest absolute Gasteiger partial charge is 0.270 e. The number of amides is 1. The van der Waals surface area contributed by atoms with E-state index < -0.39 is 0 Å². The second-order valence-corrected chi connectivity index (χ2v) is 6.17. The third-order valence-electron chi connectivity index (χ3n) is 3.86. The Kier molecular flexibility index (Phi) is 3.65. The normalized spacial score (nSPS) is 19.3. The van der Waals surface area contributed by atoms with E-state index in [2.05, 4.69) is 26.1 Å². The monoisotopic (exact) mass is 336 g/mol. The number of halogens is 1. The Morgan fingerprint density at radius 2 is 2.40 bits per heavy atom. The van der Waals surface area contributed by atoms with Crippen LogP contribution in [-0.4, -0.2) is 38.7 Å². The SMILES string of the molecule is Cn1cc(Br)cc1C(=O)N1CCCC(c2ccn[nH]2)C1. The topological polar surface area (TPSA) is 53.9 Å². The molecule has 5 nitrogen and oxygen atoms in total. The first-order chi connectivity index (χ1) is 9.65. The number of aromatic nitrogens is 3. The second-order valence-electron chi connectivity index (χ2n) is 5.26. The molecule has 106 valence electrons. The Bertz CT molecular complexity index is 605. The zero-order valence-corrected chi connectivity index (χ0v) is 12.9. The number of likely N-dealkylation sites (tertiary alicyclic amines) is 1. The van der Waals surface area contributed by atoms with Gasteiger partial charge < -0.3 is 9.47 Å². The molecule has 0 radical (unpaired) electrons. The van der Waals surface area contributed by atoms with Gasteiger partial charge in [-0.3, -0.25) is 9.89 Å². The Morgan fingerprint density at radius 1 is 1.55 bits per heavy atom. The summed E-state index contributed by atoms with van der Waals surface area (Å²) >= 11 is 3.41. The summed E-state index contributed by atoms with van der Waals surface area (Å²) in [7, 11) is 1.90. The number of carbonyl (C=O) groups is 1. The molecule has 3 heterocycles. The number of aromatic amines is 1. The molecule has 2 aromatic heterocycles. The molecule has 20 heavy (non-hydrogen) atoms. The van der Waals surface area contributed by atoms with Crippen LogP contribution in [0.25, 0.3) is 0 Å². The average Bonchev–Trinajstić information content (AvgIpc) is 3.08. The molecule has 0 aromatic carbocycles. The Morgan fingerprint density at radius 3 is 3.05 bits per heavy atom. The van der Waals surface area contributed by atoms with Crippen LogP contribution in [0.5, 0.6) is 0 Å². The number of hydrogen-bond donors (Lipinski definition) is 1. The summed E-state index contributed by atoms with van der Waals surface area (Å²) < 4.78 is 2.80. The third kappa shape index (κ3) is 2.52. The summed E-state index contributed by atoms with van der Waals surface area (Å²) in [4.78, 5) is 14.5. The highest BCUT2D eigenvalue weighted by Crippen LogP contribution is 2.26. The van der Waals surface area contributed by atoms with E-state index in [1.807, 2.05) is 34.8 Å². The number of carbonyl (C=O) groups excluding carboxylic acids is 1. The lowest BCUT2D eigenvalue weighted by Crippen LogP contribution is -2.39. The first-order valence-electron chi connectivity index (χ1n) is 6.75. The van der Waals surface area contributed by atoms with Gasteiger partial charge in [0.2, 0.25) is 0 Å². The standard InChI is InChI=1S/C14H17BrN4O/c1-18-9-11(15)7-13(18)14(20)19-6-2-3-10(8-19)12-4-5-16-17-12/h4-5,7,9-10H,2-3,6,8H2,1H3,(H,16,17). The number of hydrogen-bond acceptors (Lipinski definition) is 2. The molecule has 2 aromatic rings. The van der Waals surface area contributed by atoms with Gasteiger partial charge in [-0.25, -0.2) is 0 Å². The van der Waals surface area contributed by atoms with Crippen LogP contribution in [-0.2, 0) is 7.05 Å². The van der Waals surface area contributed by atoms with Crippen molar-refractivity contribution in [3.63, 3.8) is 0 Å². The molecule has 0 spiro atoms. The van der Waals surface area contributed by atoms with E-state index in [4.69, 9.17) is 0 Å². The van der Waals surface area contributed by atoms with E-state index in [1.54, 1.807) is 6.20 Å². The molecule has 1 fully saturated rings. The minimum absolute atomic E-state index is 0.0995. The number of nitrogens with one attached hydrogen (secondary N) is 1. The van der Waals surface area contributed by atoms with Gasteiger partial charge in [-0.15, -0.1) is 0 Å². The fraction of sp³-hybridized carbons (Fsp3) is 0.429. The molecule has 1 unspecified atom stereocenters. The molecular weight excluding hydrogens is 320 g/mol. The first kappa shape index (κ1) is 13.4. The van der Waals surface area contributed by atoms with Crippen LogP contribution >= 0.6 is 15.9 Å². The number of nitrogens with zero attached hydrogens (tertiary/aromatic N) is 3. The highest BCUT2D eigenvalue weighted by atomic mass is 79.9. The molecule has 6 heteroatoms. The zero-order valence-electron chi connectivity index (χ0n) is 11.3. The zero-order chi connectivity index (χ0) is 14.1. The Hall–Kier alpha value is -1.56. The predicted octanol–water partition coefficient (Wildman–Crippen LogP) is 2.53. The largest absolute Gasteiger partial charge is 0.345 e. The van der Waals surface area contributed by atoms with E-state index in [1.165, 1.54) is 0 Å². The summed E-state index contributed by atoms with van der Waals surface area (Å²) in [6.45, 7) is 1.58. The van der Waals surface area contributed by atoms with Crippen molar-refractivity contribution in [1.82, 2.24) is 19.7 Å². The van der Waals surface area contributed by atoms with Crippen LogP contribution in [0.3, 0.4) is 0 Å². The average molecular weight is 337 g/mol. The second kappa shape index (κ2) is 5.44. The van der Waals surface area contributed by atoms with Crippen molar-refractivity contribution < 1.29 is 4.79 Å². The highest BCUT2D eigenvalue weighted by molar-refractivity contribution is 9.10. The quantitative estimate of drug-likeness (QED) is 0.916. The molecule has 0 bridgehead atoms. The van der Waals surface area contributed by atoms with Gasteiger partial charge in [0.25, 0.3) is 5.91 Å². The van der Waals surface area contributed by atoms with E-state index in [0.717, 1.165) is 41.8 Å².